The number of benzene rings is 1. The summed E-state index contributed by atoms with van der Waals surface area (Å²) < 4.78 is 44.7. The Morgan fingerprint density at radius 1 is 1.23 bits per heavy atom. The van der Waals surface area contributed by atoms with Crippen LogP contribution in [-0.2, 0) is 16.3 Å². The van der Waals surface area contributed by atoms with Crippen molar-refractivity contribution in [3.8, 4) is 0 Å². The number of guanidine groups is 1. The molecular weight excluding hydrogens is 458 g/mol. The van der Waals surface area contributed by atoms with Crippen LogP contribution in [0.1, 0.15) is 37.3 Å². The van der Waals surface area contributed by atoms with Gasteiger partial charge in [0, 0.05) is 38.8 Å². The van der Waals surface area contributed by atoms with E-state index in [1.54, 1.807) is 13.1 Å². The Morgan fingerprint density at radius 3 is 2.50 bits per heavy atom. The van der Waals surface area contributed by atoms with Crippen molar-refractivity contribution in [2.45, 2.75) is 37.8 Å². The van der Waals surface area contributed by atoms with Crippen LogP contribution in [0, 0.1) is 0 Å². The molecule has 0 radical (unpaired) electrons. The van der Waals surface area contributed by atoms with Gasteiger partial charge >= 0.3 is 6.18 Å². The normalized spacial score (nSPS) is 17.3. The van der Waals surface area contributed by atoms with Crippen molar-refractivity contribution in [1.82, 2.24) is 10.6 Å². The maximum Gasteiger partial charge on any atom is 0.416 e. The lowest BCUT2D eigenvalue weighted by atomic mass is 9.73. The molecule has 1 saturated heterocycles. The predicted octanol–water partition coefficient (Wildman–Crippen LogP) is 3.95. The first-order chi connectivity index (χ1) is 11.9. The van der Waals surface area contributed by atoms with Crippen LogP contribution in [-0.4, -0.2) is 39.3 Å². The molecular formula is C18H27F3IN3O. The van der Waals surface area contributed by atoms with Crippen LogP contribution in [0.2, 0.25) is 0 Å². The molecule has 1 aliphatic rings. The monoisotopic (exact) mass is 485 g/mol. The molecule has 0 aromatic heterocycles. The fourth-order valence-electron chi connectivity index (χ4n) is 3.07. The van der Waals surface area contributed by atoms with E-state index >= 15 is 0 Å². The van der Waals surface area contributed by atoms with E-state index in [-0.39, 0.29) is 24.0 Å². The van der Waals surface area contributed by atoms with E-state index in [1.165, 1.54) is 12.1 Å². The molecule has 2 N–H and O–H groups in total. The van der Waals surface area contributed by atoms with Crippen molar-refractivity contribution in [2.75, 3.05) is 33.4 Å². The minimum atomic E-state index is -4.34. The molecule has 1 aromatic carbocycles. The lowest BCUT2D eigenvalue weighted by molar-refractivity contribution is -0.137. The Hall–Kier alpha value is -1.03. The summed E-state index contributed by atoms with van der Waals surface area (Å²) in [6.07, 6.45) is -2.03. The van der Waals surface area contributed by atoms with Gasteiger partial charge in [-0.2, -0.15) is 13.2 Å². The molecule has 1 heterocycles. The van der Waals surface area contributed by atoms with Crippen molar-refractivity contribution in [2.24, 2.45) is 4.99 Å². The molecule has 0 saturated carbocycles. The molecule has 0 amide bonds. The largest absolute Gasteiger partial charge is 0.416 e. The van der Waals surface area contributed by atoms with Gasteiger partial charge in [0.1, 0.15) is 0 Å². The first-order valence-corrected chi connectivity index (χ1v) is 8.61. The third-order valence-corrected chi connectivity index (χ3v) is 4.61. The average molecular weight is 485 g/mol. The summed E-state index contributed by atoms with van der Waals surface area (Å²) in [6.45, 7) is 4.45. The van der Waals surface area contributed by atoms with Gasteiger partial charge in [0.25, 0.3) is 0 Å². The fraction of sp³-hybridized carbons (Fsp3) is 0.611. The van der Waals surface area contributed by atoms with Gasteiger partial charge in [0.05, 0.1) is 5.56 Å². The highest BCUT2D eigenvalue weighted by atomic mass is 127. The second-order valence-electron chi connectivity index (χ2n) is 6.32. The summed E-state index contributed by atoms with van der Waals surface area (Å²) in [6, 6.07) is 5.66. The van der Waals surface area contributed by atoms with Gasteiger partial charge in [0.2, 0.25) is 0 Å². The molecule has 0 atom stereocenters. The summed E-state index contributed by atoms with van der Waals surface area (Å²) in [5.41, 5.74) is -0.308. The first-order valence-electron chi connectivity index (χ1n) is 8.61. The van der Waals surface area contributed by atoms with Crippen molar-refractivity contribution < 1.29 is 17.9 Å². The molecule has 1 aliphatic heterocycles. The van der Waals surface area contributed by atoms with Crippen LogP contribution in [0.15, 0.2) is 29.3 Å². The number of halogens is 4. The quantitative estimate of drug-likeness (QED) is 0.378. The molecule has 1 aromatic rings. The van der Waals surface area contributed by atoms with Crippen LogP contribution in [0.5, 0.6) is 0 Å². The van der Waals surface area contributed by atoms with E-state index in [9.17, 15) is 13.2 Å². The Bertz CT molecular complexity index is 587. The minimum Gasteiger partial charge on any atom is -0.381 e. The Kier molecular flexibility index (Phi) is 9.15. The van der Waals surface area contributed by atoms with E-state index < -0.39 is 17.2 Å². The highest BCUT2D eigenvalue weighted by Gasteiger charge is 2.37. The Balaban J connectivity index is 0.00000338. The summed E-state index contributed by atoms with van der Waals surface area (Å²) in [5, 5.41) is 6.46. The third kappa shape index (κ3) is 6.00. The van der Waals surface area contributed by atoms with Gasteiger partial charge in [-0.1, -0.05) is 25.1 Å². The highest BCUT2D eigenvalue weighted by Crippen LogP contribution is 2.37. The van der Waals surface area contributed by atoms with Crippen molar-refractivity contribution in [1.29, 1.82) is 0 Å². The molecule has 148 valence electrons. The Labute approximate surface area is 170 Å². The lowest BCUT2D eigenvalue weighted by Crippen LogP contribution is -2.48. The van der Waals surface area contributed by atoms with Gasteiger partial charge in [-0.15, -0.1) is 24.0 Å². The Morgan fingerprint density at radius 2 is 1.92 bits per heavy atom. The number of hydrogen-bond donors (Lipinski definition) is 2. The second kappa shape index (κ2) is 10.3. The SMILES string of the molecule is CCCNC(=NC)NCC1(c2cccc(C(F)(F)F)c2)CCOCC1.I. The minimum absolute atomic E-state index is 0. The van der Waals surface area contributed by atoms with Crippen molar-refractivity contribution in [3.05, 3.63) is 35.4 Å². The lowest BCUT2D eigenvalue weighted by Gasteiger charge is -2.38. The van der Waals surface area contributed by atoms with Crippen LogP contribution in [0.25, 0.3) is 0 Å². The molecule has 0 aliphatic carbocycles. The van der Waals surface area contributed by atoms with E-state index in [0.29, 0.717) is 44.1 Å². The topological polar surface area (TPSA) is 45.7 Å². The van der Waals surface area contributed by atoms with Gasteiger partial charge in [-0.05, 0) is 30.9 Å². The van der Waals surface area contributed by atoms with Gasteiger partial charge in [-0.3, -0.25) is 4.99 Å². The van der Waals surface area contributed by atoms with Crippen LogP contribution in [0.4, 0.5) is 13.2 Å². The van der Waals surface area contributed by atoms with Gasteiger partial charge in [0.15, 0.2) is 5.96 Å². The number of nitrogens with zero attached hydrogens (tertiary/aromatic N) is 1. The van der Waals surface area contributed by atoms with E-state index in [1.807, 2.05) is 0 Å². The van der Waals surface area contributed by atoms with Crippen molar-refractivity contribution in [3.63, 3.8) is 0 Å². The zero-order chi connectivity index (χ0) is 18.3. The van der Waals surface area contributed by atoms with Gasteiger partial charge < -0.3 is 15.4 Å². The maximum absolute atomic E-state index is 13.1. The summed E-state index contributed by atoms with van der Waals surface area (Å²) in [7, 11) is 1.69. The zero-order valence-corrected chi connectivity index (χ0v) is 17.5. The standard InChI is InChI=1S/C18H26F3N3O.HI/c1-3-9-23-16(22-2)24-13-17(7-10-25-11-8-17)14-5-4-6-15(12-14)18(19,20)21;/h4-6,12H,3,7-11,13H2,1-2H3,(H2,22,23,24);1H. The van der Waals surface area contributed by atoms with Crippen LogP contribution in [0.3, 0.4) is 0 Å². The first kappa shape index (κ1) is 23.0. The average Bonchev–Trinajstić information content (AvgIpc) is 2.62. The second-order valence-corrected chi connectivity index (χ2v) is 6.32. The smallest absolute Gasteiger partial charge is 0.381 e. The maximum atomic E-state index is 13.1. The number of alkyl halides is 3. The fourth-order valence-corrected chi connectivity index (χ4v) is 3.07. The molecule has 0 spiro atoms. The van der Waals surface area contributed by atoms with Gasteiger partial charge in [-0.25, -0.2) is 0 Å². The number of nitrogens with one attached hydrogen (secondary N) is 2. The van der Waals surface area contributed by atoms with E-state index in [2.05, 4.69) is 22.5 Å². The number of rotatable bonds is 5. The summed E-state index contributed by atoms with van der Waals surface area (Å²) in [5.74, 6) is 0.666. The molecule has 8 heteroatoms. The summed E-state index contributed by atoms with van der Waals surface area (Å²) in [4.78, 5) is 4.17. The highest BCUT2D eigenvalue weighted by molar-refractivity contribution is 14.0. The van der Waals surface area contributed by atoms with Crippen LogP contribution >= 0.6 is 24.0 Å². The summed E-state index contributed by atoms with van der Waals surface area (Å²) >= 11 is 0. The number of ether oxygens (including phenoxy) is 1. The molecule has 0 unspecified atom stereocenters. The molecule has 1 fully saturated rings. The van der Waals surface area contributed by atoms with E-state index in [0.717, 1.165) is 19.0 Å². The predicted molar refractivity (Wildman–Crippen MR) is 108 cm³/mol. The molecule has 2 rings (SSSR count). The van der Waals surface area contributed by atoms with E-state index in [4.69, 9.17) is 4.74 Å². The number of hydrogen-bond acceptors (Lipinski definition) is 2. The van der Waals surface area contributed by atoms with Crippen LogP contribution < -0.4 is 10.6 Å². The van der Waals surface area contributed by atoms with Crippen molar-refractivity contribution >= 4 is 29.9 Å². The number of aliphatic imine (C=N–C) groups is 1. The molecule has 0 bridgehead atoms. The molecule has 4 nitrogen and oxygen atoms in total. The zero-order valence-electron chi connectivity index (χ0n) is 15.2. The molecule has 26 heavy (non-hydrogen) atoms. The third-order valence-electron chi connectivity index (χ3n) is 4.61.